The predicted molar refractivity (Wildman–Crippen MR) is 116 cm³/mol. The van der Waals surface area contributed by atoms with Crippen molar-refractivity contribution in [2.75, 3.05) is 36.5 Å². The molecule has 2 saturated heterocycles. The fourth-order valence-electron chi connectivity index (χ4n) is 3.83. The number of nitrogens with one attached hydrogen (secondary N) is 1. The molecule has 0 unspecified atom stereocenters. The van der Waals surface area contributed by atoms with Crippen LogP contribution in [0.2, 0.25) is 0 Å². The summed E-state index contributed by atoms with van der Waals surface area (Å²) in [5.41, 5.74) is 0.783. The molecule has 4 rings (SSSR count). The molecule has 8 nitrogen and oxygen atoms in total. The molecular formula is C20H22F2N4O4S2. The molecule has 0 saturated carbocycles. The van der Waals surface area contributed by atoms with Gasteiger partial charge in [-0.2, -0.15) is 0 Å². The lowest BCUT2D eigenvalue weighted by molar-refractivity contribution is -0.121. The van der Waals surface area contributed by atoms with Gasteiger partial charge in [-0.05, 0) is 37.5 Å². The van der Waals surface area contributed by atoms with Crippen molar-refractivity contribution in [3.8, 4) is 11.3 Å². The van der Waals surface area contributed by atoms with Gasteiger partial charge in [-0.25, -0.2) is 27.0 Å². The third-order valence-electron chi connectivity index (χ3n) is 5.62. The molecule has 1 aromatic carbocycles. The second-order valence-corrected chi connectivity index (χ2v) is 10.9. The highest BCUT2D eigenvalue weighted by molar-refractivity contribution is 7.91. The number of nitrogens with zero attached hydrogens (tertiary/aromatic N) is 3. The van der Waals surface area contributed by atoms with Crippen molar-refractivity contribution in [2.24, 2.45) is 0 Å². The highest BCUT2D eigenvalue weighted by atomic mass is 32.2. The summed E-state index contributed by atoms with van der Waals surface area (Å²) in [6.45, 7) is 0.657. The number of piperidine rings is 1. The first-order valence-electron chi connectivity index (χ1n) is 10.2. The quantitative estimate of drug-likeness (QED) is 0.722. The number of carbonyl (C=O) groups is 2. The summed E-state index contributed by atoms with van der Waals surface area (Å²) < 4.78 is 50.0. The molecular weight excluding hydrogens is 462 g/mol. The highest BCUT2D eigenvalue weighted by Gasteiger charge is 2.36. The van der Waals surface area contributed by atoms with Crippen molar-refractivity contribution in [1.29, 1.82) is 0 Å². The number of urea groups is 1. The Morgan fingerprint density at radius 2 is 1.84 bits per heavy atom. The molecule has 3 heterocycles. The van der Waals surface area contributed by atoms with Crippen LogP contribution in [0.1, 0.15) is 19.3 Å². The minimum atomic E-state index is -3.12. The average molecular weight is 485 g/mol. The van der Waals surface area contributed by atoms with Crippen LogP contribution in [0.3, 0.4) is 0 Å². The summed E-state index contributed by atoms with van der Waals surface area (Å²) in [5.74, 6) is -2.47. The van der Waals surface area contributed by atoms with Gasteiger partial charge >= 0.3 is 6.03 Å². The van der Waals surface area contributed by atoms with Crippen LogP contribution in [0.15, 0.2) is 23.6 Å². The number of benzene rings is 1. The summed E-state index contributed by atoms with van der Waals surface area (Å²) >= 11 is 1.14. The Balaban J connectivity index is 1.44. The lowest BCUT2D eigenvalue weighted by atomic mass is 10.0. The van der Waals surface area contributed by atoms with E-state index in [-0.39, 0.29) is 41.7 Å². The first-order chi connectivity index (χ1) is 15.2. The second kappa shape index (κ2) is 9.10. The fourth-order valence-corrected chi connectivity index (χ4v) is 5.75. The molecule has 0 spiro atoms. The normalized spacial score (nSPS) is 20.8. The van der Waals surface area contributed by atoms with Gasteiger partial charge in [0.05, 0.1) is 17.2 Å². The number of hydrogen-bond donors (Lipinski definition) is 1. The van der Waals surface area contributed by atoms with Gasteiger partial charge in [0.15, 0.2) is 26.6 Å². The van der Waals surface area contributed by atoms with Crippen LogP contribution in [0.4, 0.5) is 18.7 Å². The number of rotatable bonds is 3. The topological polar surface area (TPSA) is 99.7 Å². The molecule has 0 radical (unpaired) electrons. The highest BCUT2D eigenvalue weighted by Crippen LogP contribution is 2.27. The average Bonchev–Trinajstić information content (AvgIpc) is 3.23. The Kier molecular flexibility index (Phi) is 6.42. The number of anilines is 1. The summed E-state index contributed by atoms with van der Waals surface area (Å²) in [4.78, 5) is 33.2. The first kappa shape index (κ1) is 22.6. The number of thiazole rings is 1. The molecule has 172 valence electrons. The van der Waals surface area contributed by atoms with E-state index < -0.39 is 27.5 Å². The van der Waals surface area contributed by atoms with Crippen LogP contribution in [-0.4, -0.2) is 72.3 Å². The van der Waals surface area contributed by atoms with E-state index in [1.54, 1.807) is 5.38 Å². The van der Waals surface area contributed by atoms with Crippen molar-refractivity contribution in [2.45, 2.75) is 25.3 Å². The number of sulfone groups is 1. The molecule has 1 aromatic heterocycles. The fraction of sp³-hybridized carbons (Fsp3) is 0.450. The van der Waals surface area contributed by atoms with E-state index in [4.69, 9.17) is 0 Å². The largest absolute Gasteiger partial charge is 0.323 e. The lowest BCUT2D eigenvalue weighted by Crippen LogP contribution is -2.56. The molecule has 12 heteroatoms. The van der Waals surface area contributed by atoms with Crippen molar-refractivity contribution in [1.82, 2.24) is 14.8 Å². The maximum absolute atomic E-state index is 13.5. The van der Waals surface area contributed by atoms with Crippen LogP contribution in [0.25, 0.3) is 11.3 Å². The number of hydrogen-bond acceptors (Lipinski definition) is 6. The van der Waals surface area contributed by atoms with Crippen molar-refractivity contribution < 1.29 is 26.8 Å². The van der Waals surface area contributed by atoms with Gasteiger partial charge in [0, 0.05) is 30.6 Å². The molecule has 0 aliphatic carbocycles. The Hall–Kier alpha value is -2.60. The van der Waals surface area contributed by atoms with Gasteiger partial charge in [-0.1, -0.05) is 0 Å². The van der Waals surface area contributed by atoms with Gasteiger partial charge < -0.3 is 15.1 Å². The summed E-state index contributed by atoms with van der Waals surface area (Å²) in [7, 11) is -3.12. The van der Waals surface area contributed by atoms with Crippen LogP contribution in [0.5, 0.6) is 0 Å². The Morgan fingerprint density at radius 1 is 1.09 bits per heavy atom. The third kappa shape index (κ3) is 4.90. The number of amides is 3. The van der Waals surface area contributed by atoms with E-state index in [2.05, 4.69) is 10.3 Å². The van der Waals surface area contributed by atoms with Crippen LogP contribution < -0.4 is 5.32 Å². The molecule has 1 atom stereocenters. The Morgan fingerprint density at radius 3 is 2.56 bits per heavy atom. The van der Waals surface area contributed by atoms with E-state index in [0.29, 0.717) is 24.2 Å². The summed E-state index contributed by atoms with van der Waals surface area (Å²) in [6, 6.07) is 2.43. The van der Waals surface area contributed by atoms with E-state index in [9.17, 15) is 26.8 Å². The zero-order valence-electron chi connectivity index (χ0n) is 17.1. The van der Waals surface area contributed by atoms with Gasteiger partial charge in [0.25, 0.3) is 0 Å². The zero-order valence-corrected chi connectivity index (χ0v) is 18.7. The van der Waals surface area contributed by atoms with E-state index in [1.165, 1.54) is 15.9 Å². The van der Waals surface area contributed by atoms with Crippen molar-refractivity contribution in [3.63, 3.8) is 0 Å². The van der Waals surface area contributed by atoms with Gasteiger partial charge in [0.1, 0.15) is 6.04 Å². The van der Waals surface area contributed by atoms with Crippen molar-refractivity contribution in [3.05, 3.63) is 35.2 Å². The molecule has 2 fully saturated rings. The van der Waals surface area contributed by atoms with E-state index >= 15 is 0 Å². The van der Waals surface area contributed by atoms with Crippen LogP contribution >= 0.6 is 11.3 Å². The summed E-state index contributed by atoms with van der Waals surface area (Å²) in [6.07, 6.45) is 2.04. The predicted octanol–water partition coefficient (Wildman–Crippen LogP) is 2.73. The summed E-state index contributed by atoms with van der Waals surface area (Å²) in [5, 5.41) is 4.63. The smallest absolute Gasteiger partial charge is 0.320 e. The van der Waals surface area contributed by atoms with Crippen molar-refractivity contribution >= 4 is 38.2 Å². The molecule has 2 aliphatic rings. The third-order valence-corrected chi connectivity index (χ3v) is 7.98. The molecule has 2 aliphatic heterocycles. The molecule has 1 N–H and O–H groups in total. The monoisotopic (exact) mass is 484 g/mol. The molecule has 3 amide bonds. The van der Waals surface area contributed by atoms with Gasteiger partial charge in [-0.3, -0.25) is 4.79 Å². The Labute approximate surface area is 188 Å². The maximum Gasteiger partial charge on any atom is 0.320 e. The standard InChI is InChI=1S/C20H22F2N4O4S2/c21-14-5-4-13(11-15(14)22)16-12-31-19(23-16)24-18(27)17-3-1-2-6-26(17)20(28)25-7-9-32(29,30)10-8-25/h4-5,11-12,17H,1-3,6-10H2,(H,23,24,27)/t17-/m0/s1. The number of likely N-dealkylation sites (tertiary alicyclic amines) is 1. The molecule has 2 aromatic rings. The minimum absolute atomic E-state index is 0.0741. The maximum atomic E-state index is 13.5. The van der Waals surface area contributed by atoms with Gasteiger partial charge in [-0.15, -0.1) is 11.3 Å². The SMILES string of the molecule is O=C(Nc1nc(-c2ccc(F)c(F)c2)cs1)[C@@H]1CCCCN1C(=O)N1CCS(=O)(=O)CC1. The van der Waals surface area contributed by atoms with E-state index in [1.807, 2.05) is 0 Å². The zero-order chi connectivity index (χ0) is 22.9. The first-order valence-corrected chi connectivity index (χ1v) is 12.9. The van der Waals surface area contributed by atoms with Crippen LogP contribution in [-0.2, 0) is 14.6 Å². The van der Waals surface area contributed by atoms with E-state index in [0.717, 1.165) is 36.3 Å². The van der Waals surface area contributed by atoms with Crippen LogP contribution in [0, 0.1) is 11.6 Å². The molecule has 32 heavy (non-hydrogen) atoms. The second-order valence-electron chi connectivity index (χ2n) is 7.78. The van der Waals surface area contributed by atoms with Gasteiger partial charge in [0.2, 0.25) is 5.91 Å². The minimum Gasteiger partial charge on any atom is -0.323 e. The Bertz CT molecular complexity index is 1120. The molecule has 0 bridgehead atoms. The lowest BCUT2D eigenvalue weighted by Gasteiger charge is -2.39. The number of carbonyl (C=O) groups excluding carboxylic acids is 2. The number of halogens is 2. The number of aromatic nitrogens is 1.